The zero-order valence-corrected chi connectivity index (χ0v) is 35.1. The summed E-state index contributed by atoms with van der Waals surface area (Å²) in [6.45, 7) is 13.9. The Hall–Kier alpha value is -0.220. The Kier molecular flexibility index (Phi) is 9.55. The van der Waals surface area contributed by atoms with Crippen LogP contribution in [0, 0.1) is 0 Å². The molecule has 1 N–H and O–H groups in total. The molecular weight excluding hydrogens is 964 g/mol. The molecular formula is C31H36Br6N8. The predicted octanol–water partition coefficient (Wildman–Crippen LogP) is 8.48. The molecule has 2 aromatic carbocycles. The highest BCUT2D eigenvalue weighted by Gasteiger charge is 2.32. The Morgan fingerprint density at radius 3 is 1.58 bits per heavy atom. The number of benzene rings is 2. The summed E-state index contributed by atoms with van der Waals surface area (Å²) in [7, 11) is 2.19. The highest BCUT2D eigenvalue weighted by Crippen LogP contribution is 2.45. The van der Waals surface area contributed by atoms with E-state index in [0.29, 0.717) is 0 Å². The van der Waals surface area contributed by atoms with Gasteiger partial charge in [-0.15, -0.1) is 0 Å². The number of aromatic nitrogens is 4. The maximum Gasteiger partial charge on any atom is 0.206 e. The zero-order chi connectivity index (χ0) is 31.8. The van der Waals surface area contributed by atoms with Gasteiger partial charge in [-0.3, -0.25) is 0 Å². The second-order valence-corrected chi connectivity index (χ2v) is 17.8. The molecule has 14 heteroatoms. The fraction of sp³-hybridized carbons (Fsp3) is 0.548. The molecule has 0 atom stereocenters. The molecule has 0 amide bonds. The van der Waals surface area contributed by atoms with E-state index in [1.807, 2.05) is 0 Å². The van der Waals surface area contributed by atoms with E-state index in [4.69, 9.17) is 9.97 Å². The summed E-state index contributed by atoms with van der Waals surface area (Å²) >= 11 is 22.4. The van der Waals surface area contributed by atoms with Crippen molar-refractivity contribution in [2.24, 2.45) is 0 Å². The van der Waals surface area contributed by atoms with E-state index < -0.39 is 0 Å². The monoisotopic (exact) mass is 994 g/mol. The van der Waals surface area contributed by atoms with Crippen molar-refractivity contribution < 1.29 is 0 Å². The van der Waals surface area contributed by atoms with Crippen molar-refractivity contribution in [3.8, 4) is 0 Å². The lowest BCUT2D eigenvalue weighted by Crippen LogP contribution is -2.57. The maximum atomic E-state index is 5.04. The second kappa shape index (κ2) is 12.9. The molecule has 4 aliphatic heterocycles. The number of halogens is 6. The van der Waals surface area contributed by atoms with Gasteiger partial charge < -0.3 is 29.2 Å². The molecule has 2 fully saturated rings. The third-order valence-electron chi connectivity index (χ3n) is 9.44. The Balaban J connectivity index is 0.000000145. The summed E-state index contributed by atoms with van der Waals surface area (Å²) < 4.78 is 11.4. The van der Waals surface area contributed by atoms with Gasteiger partial charge in [-0.2, -0.15) is 0 Å². The maximum absolute atomic E-state index is 5.04. The van der Waals surface area contributed by atoms with Gasteiger partial charge in [0.25, 0.3) is 0 Å². The van der Waals surface area contributed by atoms with E-state index in [2.05, 4.69) is 146 Å². The van der Waals surface area contributed by atoms with Crippen LogP contribution in [0.15, 0.2) is 26.8 Å². The lowest BCUT2D eigenvalue weighted by molar-refractivity contribution is 0.310. The van der Waals surface area contributed by atoms with Crippen LogP contribution in [0.1, 0.15) is 37.8 Å². The first kappa shape index (κ1) is 33.3. The molecule has 2 aromatic heterocycles. The summed E-state index contributed by atoms with van der Waals surface area (Å²) in [6, 6.07) is 0. The number of nitrogens with one attached hydrogen (secondary N) is 1. The van der Waals surface area contributed by atoms with Crippen LogP contribution in [0.2, 0.25) is 0 Å². The van der Waals surface area contributed by atoms with E-state index in [9.17, 15) is 0 Å². The van der Waals surface area contributed by atoms with Crippen molar-refractivity contribution in [1.82, 2.24) is 29.3 Å². The second-order valence-electron chi connectivity index (χ2n) is 13.1. The number of aryl methyl sites for hydroxylation is 4. The molecule has 0 radical (unpaired) electrons. The largest absolute Gasteiger partial charge is 0.340 e. The molecule has 45 heavy (non-hydrogen) atoms. The molecule has 0 aliphatic carbocycles. The van der Waals surface area contributed by atoms with Crippen molar-refractivity contribution in [3.63, 3.8) is 0 Å². The minimum absolute atomic E-state index is 0.118. The van der Waals surface area contributed by atoms with Crippen LogP contribution >= 0.6 is 95.6 Å². The Labute approximate surface area is 314 Å². The quantitative estimate of drug-likeness (QED) is 0.204. The van der Waals surface area contributed by atoms with E-state index >= 15 is 0 Å². The van der Waals surface area contributed by atoms with Crippen LogP contribution in [0.3, 0.4) is 0 Å². The van der Waals surface area contributed by atoms with Crippen molar-refractivity contribution in [2.75, 3.05) is 62.7 Å². The van der Waals surface area contributed by atoms with E-state index in [1.165, 1.54) is 28.6 Å². The molecule has 8 nitrogen and oxygen atoms in total. The average Bonchev–Trinajstić information content (AvgIpc) is 3.62. The lowest BCUT2D eigenvalue weighted by atomic mass is 10.0. The standard InChI is InChI=1S/C16H19Br3N4.C15H17Br3N4/c1-16(2)8-22(7-5-20-16)15-21-13-12(19)11(18)10(17)9-4-3-6-23(15)14(9)13;1-20-5-7-21(8-6-20)15-19-13-12(18)11(17)10(16)9-3-2-4-22(15)14(9)13/h20H,3-8H2,1-2H3;2-8H2,1H3. The fourth-order valence-electron chi connectivity index (χ4n) is 7.18. The fourth-order valence-corrected chi connectivity index (χ4v) is 10.7. The van der Waals surface area contributed by atoms with Gasteiger partial charge in [0.2, 0.25) is 11.9 Å². The van der Waals surface area contributed by atoms with Gasteiger partial charge in [0.1, 0.15) is 11.0 Å². The number of rotatable bonds is 2. The van der Waals surface area contributed by atoms with Crippen LogP contribution < -0.4 is 15.1 Å². The SMILES string of the molecule is CC1(C)CN(c2nc3c(Br)c(Br)c(Br)c4c3n2CCC4)CCN1.CN1CCN(c2nc3c(Br)c(Br)c(Br)c4c3n2CCC4)CC1. The smallest absolute Gasteiger partial charge is 0.206 e. The number of hydrogen-bond donors (Lipinski definition) is 1. The van der Waals surface area contributed by atoms with Crippen molar-refractivity contribution in [2.45, 2.75) is 58.2 Å². The Morgan fingerprint density at radius 1 is 0.600 bits per heavy atom. The van der Waals surface area contributed by atoms with Crippen LogP contribution in [-0.2, 0) is 25.9 Å². The van der Waals surface area contributed by atoms with Crippen LogP contribution in [-0.4, -0.2) is 82.4 Å². The van der Waals surface area contributed by atoms with Gasteiger partial charge in [0.15, 0.2) is 0 Å². The summed E-state index contributed by atoms with van der Waals surface area (Å²) in [5.41, 5.74) is 7.59. The van der Waals surface area contributed by atoms with Gasteiger partial charge in [0.05, 0.1) is 20.0 Å². The van der Waals surface area contributed by atoms with Crippen LogP contribution in [0.25, 0.3) is 22.1 Å². The minimum Gasteiger partial charge on any atom is -0.340 e. The summed E-state index contributed by atoms with van der Waals surface area (Å²) in [6.07, 6.45) is 4.54. The Morgan fingerprint density at radius 2 is 1.09 bits per heavy atom. The van der Waals surface area contributed by atoms with Crippen molar-refractivity contribution in [3.05, 3.63) is 38.0 Å². The first-order chi connectivity index (χ1) is 21.5. The van der Waals surface area contributed by atoms with Crippen LogP contribution in [0.4, 0.5) is 11.9 Å². The lowest BCUT2D eigenvalue weighted by Gasteiger charge is -2.40. The first-order valence-corrected chi connectivity index (χ1v) is 20.3. The molecule has 8 rings (SSSR count). The molecule has 2 saturated heterocycles. The number of likely N-dealkylation sites (N-methyl/N-ethyl adjacent to an activating group) is 1. The van der Waals surface area contributed by atoms with E-state index in [-0.39, 0.29) is 5.54 Å². The summed E-state index contributed by atoms with van der Waals surface area (Å²) in [4.78, 5) is 17.3. The van der Waals surface area contributed by atoms with Crippen molar-refractivity contribution >= 4 is 130 Å². The molecule has 0 bridgehead atoms. The summed E-state index contributed by atoms with van der Waals surface area (Å²) in [5.74, 6) is 2.25. The third kappa shape index (κ3) is 5.90. The van der Waals surface area contributed by atoms with Gasteiger partial charge in [-0.25, -0.2) is 9.97 Å². The number of nitrogens with zero attached hydrogens (tertiary/aromatic N) is 7. The third-order valence-corrected chi connectivity index (χ3v) is 16.4. The molecule has 4 aromatic rings. The summed E-state index contributed by atoms with van der Waals surface area (Å²) in [5, 5.41) is 3.58. The predicted molar refractivity (Wildman–Crippen MR) is 206 cm³/mol. The molecule has 0 spiro atoms. The molecule has 0 saturated carbocycles. The van der Waals surface area contributed by atoms with Gasteiger partial charge in [0, 0.05) is 82.3 Å². The Bertz CT molecular complexity index is 1810. The van der Waals surface area contributed by atoms with Gasteiger partial charge in [-0.1, -0.05) is 0 Å². The highest BCUT2D eigenvalue weighted by atomic mass is 79.9. The first-order valence-electron chi connectivity index (χ1n) is 15.5. The molecule has 242 valence electrons. The topological polar surface area (TPSA) is 57.4 Å². The average molecular weight is 1000 g/mol. The zero-order valence-electron chi connectivity index (χ0n) is 25.6. The van der Waals surface area contributed by atoms with Crippen molar-refractivity contribution in [1.29, 1.82) is 0 Å². The number of hydrogen-bond acceptors (Lipinski definition) is 6. The highest BCUT2D eigenvalue weighted by molar-refractivity contribution is 9.15. The number of anilines is 2. The van der Waals surface area contributed by atoms with Gasteiger partial charge >= 0.3 is 0 Å². The van der Waals surface area contributed by atoms with Gasteiger partial charge in [-0.05, 0) is 153 Å². The molecule has 4 aliphatic rings. The number of imidazole rings is 2. The normalized spacial score (nSPS) is 19.8. The molecule has 6 heterocycles. The minimum atomic E-state index is 0.118. The number of piperazine rings is 2. The van der Waals surface area contributed by atoms with E-state index in [1.54, 1.807) is 0 Å². The van der Waals surface area contributed by atoms with E-state index in [0.717, 1.165) is 128 Å². The van der Waals surface area contributed by atoms with Crippen LogP contribution in [0.5, 0.6) is 0 Å². The molecule has 0 unspecified atom stereocenters.